The molecule has 2 fully saturated rings. The number of carbonyl (C=O) groups is 1. The molecule has 2 aliphatic carbocycles. The molecule has 0 atom stereocenters. The predicted molar refractivity (Wildman–Crippen MR) is 124 cm³/mol. The lowest BCUT2D eigenvalue weighted by atomic mass is 9.55. The maximum atomic E-state index is 14.8. The third-order valence-corrected chi connectivity index (χ3v) is 7.72. The molecule has 2 aromatic rings. The summed E-state index contributed by atoms with van der Waals surface area (Å²) in [5.41, 5.74) is -0.282. The SMILES string of the molecule is COc1ccc(O)c(C2(C(=O)C3(c4cc(OC)ccc4O)CCCCC3)CCCCC2)c1. The second kappa shape index (κ2) is 9.05. The van der Waals surface area contributed by atoms with E-state index in [0.717, 1.165) is 38.5 Å². The molecular weight excluding hydrogens is 404 g/mol. The first-order valence-electron chi connectivity index (χ1n) is 11.8. The normalized spacial score (nSPS) is 19.8. The highest BCUT2D eigenvalue weighted by molar-refractivity contribution is 6.00. The second-order valence-electron chi connectivity index (χ2n) is 9.38. The first-order chi connectivity index (χ1) is 15.5. The van der Waals surface area contributed by atoms with Crippen LogP contribution in [0.4, 0.5) is 0 Å². The molecule has 0 aromatic heterocycles. The number of aromatic hydroxyl groups is 2. The fourth-order valence-electron chi connectivity index (χ4n) is 6.06. The number of carbonyl (C=O) groups excluding carboxylic acids is 1. The molecule has 2 saturated carbocycles. The van der Waals surface area contributed by atoms with Crippen molar-refractivity contribution in [2.75, 3.05) is 14.2 Å². The first kappa shape index (κ1) is 22.5. The monoisotopic (exact) mass is 438 g/mol. The summed E-state index contributed by atoms with van der Waals surface area (Å²) < 4.78 is 10.9. The van der Waals surface area contributed by atoms with E-state index in [0.29, 0.717) is 48.3 Å². The Bertz CT molecular complexity index is 891. The van der Waals surface area contributed by atoms with Gasteiger partial charge in [0.25, 0.3) is 0 Å². The zero-order valence-electron chi connectivity index (χ0n) is 19.2. The Kier molecular flexibility index (Phi) is 6.36. The Balaban J connectivity index is 1.92. The van der Waals surface area contributed by atoms with Crippen LogP contribution in [0.2, 0.25) is 0 Å². The van der Waals surface area contributed by atoms with Crippen LogP contribution in [-0.4, -0.2) is 30.2 Å². The van der Waals surface area contributed by atoms with Crippen LogP contribution in [0.15, 0.2) is 36.4 Å². The van der Waals surface area contributed by atoms with E-state index in [4.69, 9.17) is 9.47 Å². The van der Waals surface area contributed by atoms with Crippen molar-refractivity contribution in [2.45, 2.75) is 75.0 Å². The molecule has 4 rings (SSSR count). The molecule has 0 saturated heterocycles. The van der Waals surface area contributed by atoms with Crippen molar-refractivity contribution in [3.8, 4) is 23.0 Å². The number of phenolic OH excluding ortho intramolecular Hbond substituents is 2. The minimum absolute atomic E-state index is 0.122. The molecule has 2 aromatic carbocycles. The quantitative estimate of drug-likeness (QED) is 0.597. The lowest BCUT2D eigenvalue weighted by Gasteiger charge is -2.46. The van der Waals surface area contributed by atoms with Crippen molar-refractivity contribution in [2.24, 2.45) is 0 Å². The summed E-state index contributed by atoms with van der Waals surface area (Å²) in [6.45, 7) is 0. The summed E-state index contributed by atoms with van der Waals surface area (Å²) in [6, 6.07) is 10.4. The van der Waals surface area contributed by atoms with Crippen molar-refractivity contribution in [3.63, 3.8) is 0 Å². The zero-order valence-corrected chi connectivity index (χ0v) is 19.2. The number of rotatable bonds is 6. The second-order valence-corrected chi connectivity index (χ2v) is 9.38. The highest BCUT2D eigenvalue weighted by Gasteiger charge is 2.54. The Morgan fingerprint density at radius 1 is 0.688 bits per heavy atom. The molecule has 0 spiro atoms. The molecule has 2 aliphatic rings. The molecule has 0 heterocycles. The van der Waals surface area contributed by atoms with Crippen molar-refractivity contribution in [1.29, 1.82) is 0 Å². The lowest BCUT2D eigenvalue weighted by molar-refractivity contribution is -0.133. The number of methoxy groups -OCH3 is 2. The van der Waals surface area contributed by atoms with Gasteiger partial charge in [-0.15, -0.1) is 0 Å². The van der Waals surface area contributed by atoms with Crippen LogP contribution in [0.1, 0.15) is 75.3 Å². The highest BCUT2D eigenvalue weighted by Crippen LogP contribution is 2.54. The number of phenols is 2. The number of hydrogen-bond acceptors (Lipinski definition) is 5. The van der Waals surface area contributed by atoms with Gasteiger partial charge in [-0.2, -0.15) is 0 Å². The van der Waals surface area contributed by atoms with E-state index < -0.39 is 10.8 Å². The Hall–Kier alpha value is -2.69. The van der Waals surface area contributed by atoms with Crippen molar-refractivity contribution >= 4 is 5.78 Å². The minimum atomic E-state index is -0.802. The fraction of sp³-hybridized carbons (Fsp3) is 0.519. The summed E-state index contributed by atoms with van der Waals surface area (Å²) in [5, 5.41) is 21.8. The standard InChI is InChI=1S/C27H34O5/c1-31-19-9-11-23(28)21(17-19)26(13-5-3-6-14-26)25(30)27(15-7-4-8-16-27)22-18-20(32-2)10-12-24(22)29/h9-12,17-18,28-29H,3-8,13-16H2,1-2H3. The van der Waals surface area contributed by atoms with Crippen LogP contribution < -0.4 is 9.47 Å². The number of ether oxygens (including phenoxy) is 2. The van der Waals surface area contributed by atoms with Crippen molar-refractivity contribution in [3.05, 3.63) is 47.5 Å². The lowest BCUT2D eigenvalue weighted by Crippen LogP contribution is -2.51. The average Bonchev–Trinajstić information content (AvgIpc) is 2.85. The number of benzene rings is 2. The van der Waals surface area contributed by atoms with E-state index in [1.165, 1.54) is 0 Å². The third-order valence-electron chi connectivity index (χ3n) is 7.72. The van der Waals surface area contributed by atoms with Gasteiger partial charge < -0.3 is 19.7 Å². The summed E-state index contributed by atoms with van der Waals surface area (Å²) in [4.78, 5) is 14.8. The molecule has 5 nitrogen and oxygen atoms in total. The summed E-state index contributed by atoms with van der Waals surface area (Å²) in [7, 11) is 3.20. The van der Waals surface area contributed by atoms with E-state index in [2.05, 4.69) is 0 Å². The summed E-state index contributed by atoms with van der Waals surface area (Å²) >= 11 is 0. The van der Waals surface area contributed by atoms with E-state index in [9.17, 15) is 15.0 Å². The molecule has 0 amide bonds. The van der Waals surface area contributed by atoms with Crippen LogP contribution >= 0.6 is 0 Å². The van der Waals surface area contributed by atoms with Gasteiger partial charge in [0.2, 0.25) is 0 Å². The topological polar surface area (TPSA) is 76.0 Å². The van der Waals surface area contributed by atoms with Gasteiger partial charge in [-0.05, 0) is 62.1 Å². The molecule has 0 aliphatic heterocycles. The van der Waals surface area contributed by atoms with E-state index >= 15 is 0 Å². The third kappa shape index (κ3) is 3.72. The Morgan fingerprint density at radius 2 is 1.06 bits per heavy atom. The Labute approximate surface area is 190 Å². The van der Waals surface area contributed by atoms with Crippen LogP contribution in [-0.2, 0) is 15.6 Å². The van der Waals surface area contributed by atoms with Crippen molar-refractivity contribution < 1.29 is 24.5 Å². The molecule has 5 heteroatoms. The smallest absolute Gasteiger partial charge is 0.154 e. The maximum Gasteiger partial charge on any atom is 0.154 e. The van der Waals surface area contributed by atoms with Gasteiger partial charge in [-0.1, -0.05) is 38.5 Å². The zero-order chi connectivity index (χ0) is 22.8. The first-order valence-corrected chi connectivity index (χ1v) is 11.8. The number of hydrogen-bond donors (Lipinski definition) is 2. The predicted octanol–water partition coefficient (Wildman–Crippen LogP) is 5.79. The van der Waals surface area contributed by atoms with E-state index in [1.807, 2.05) is 12.1 Å². The average molecular weight is 439 g/mol. The number of Topliss-reactive ketones (excluding diaryl/α,β-unsaturated/α-hetero) is 1. The minimum Gasteiger partial charge on any atom is -0.508 e. The van der Waals surface area contributed by atoms with Crippen molar-refractivity contribution in [1.82, 2.24) is 0 Å². The summed E-state index contributed by atoms with van der Waals surface area (Å²) in [6.07, 6.45) is 8.67. The molecule has 0 radical (unpaired) electrons. The van der Waals surface area contributed by atoms with Gasteiger partial charge in [0.1, 0.15) is 23.0 Å². The van der Waals surface area contributed by atoms with Gasteiger partial charge in [0.05, 0.1) is 25.0 Å². The van der Waals surface area contributed by atoms with Crippen LogP contribution in [0, 0.1) is 0 Å². The van der Waals surface area contributed by atoms with Crippen LogP contribution in [0.25, 0.3) is 0 Å². The highest BCUT2D eigenvalue weighted by atomic mass is 16.5. The molecule has 32 heavy (non-hydrogen) atoms. The molecule has 0 bridgehead atoms. The Morgan fingerprint density at radius 3 is 1.41 bits per heavy atom. The maximum absolute atomic E-state index is 14.8. The van der Waals surface area contributed by atoms with Gasteiger partial charge in [0, 0.05) is 11.1 Å². The van der Waals surface area contributed by atoms with E-state index in [1.54, 1.807) is 38.5 Å². The van der Waals surface area contributed by atoms with Gasteiger partial charge in [-0.25, -0.2) is 0 Å². The van der Waals surface area contributed by atoms with Crippen LogP contribution in [0.3, 0.4) is 0 Å². The molecule has 172 valence electrons. The van der Waals surface area contributed by atoms with Crippen LogP contribution in [0.5, 0.6) is 23.0 Å². The van der Waals surface area contributed by atoms with E-state index in [-0.39, 0.29) is 17.3 Å². The molecule has 2 N–H and O–H groups in total. The molecular formula is C27H34O5. The van der Waals surface area contributed by atoms with Gasteiger partial charge in [-0.3, -0.25) is 4.79 Å². The summed E-state index contributed by atoms with van der Waals surface area (Å²) in [5.74, 6) is 1.68. The molecule has 0 unspecified atom stereocenters. The van der Waals surface area contributed by atoms with Gasteiger partial charge in [0.15, 0.2) is 5.78 Å². The fourth-order valence-corrected chi connectivity index (χ4v) is 6.06. The number of ketones is 1. The van der Waals surface area contributed by atoms with Gasteiger partial charge >= 0.3 is 0 Å². The largest absolute Gasteiger partial charge is 0.508 e.